The van der Waals surface area contributed by atoms with E-state index in [1.165, 1.54) is 0 Å². The van der Waals surface area contributed by atoms with Crippen molar-refractivity contribution in [2.45, 2.75) is 34.1 Å². The summed E-state index contributed by atoms with van der Waals surface area (Å²) in [6.45, 7) is 9.97. The summed E-state index contributed by atoms with van der Waals surface area (Å²) in [5, 5.41) is 0. The first-order chi connectivity index (χ1) is 6.13. The average Bonchev–Trinajstić information content (AvgIpc) is 2.17. The molecule has 0 aromatic carbocycles. The summed E-state index contributed by atoms with van der Waals surface area (Å²) in [6.07, 6.45) is 1.56. The minimum atomic E-state index is 1.03. The van der Waals surface area contributed by atoms with Crippen molar-refractivity contribution in [1.82, 2.24) is 0 Å². The van der Waals surface area contributed by atoms with Crippen molar-refractivity contribution in [3.63, 3.8) is 0 Å². The number of hydrogen-bond acceptors (Lipinski definition) is 0. The zero-order chi connectivity index (χ0) is 9.33. The minimum Gasteiger partial charge on any atom is -0.0620 e. The number of hydrogen-bond donors (Lipinski definition) is 0. The van der Waals surface area contributed by atoms with Gasteiger partial charge in [-0.3, -0.25) is 0 Å². The fourth-order valence-corrected chi connectivity index (χ4v) is 5.17. The largest absolute Gasteiger partial charge is 0.0620 e. The molecule has 74 valence electrons. The van der Waals surface area contributed by atoms with Crippen LogP contribution in [0.5, 0.6) is 0 Å². The maximum Gasteiger partial charge on any atom is -0.0321 e. The van der Waals surface area contributed by atoms with Gasteiger partial charge in [-0.05, 0) is 53.8 Å². The Hall–Kier alpha value is 0. The van der Waals surface area contributed by atoms with Crippen LogP contribution in [-0.2, 0) is 0 Å². The molecule has 0 N–H and O–H groups in total. The van der Waals surface area contributed by atoms with Crippen LogP contribution in [0.15, 0.2) is 0 Å². The molecule has 0 aliphatic heterocycles. The predicted molar refractivity (Wildman–Crippen MR) is 55.2 cm³/mol. The Morgan fingerprint density at radius 1 is 0.615 bits per heavy atom. The van der Waals surface area contributed by atoms with Gasteiger partial charge < -0.3 is 0 Å². The van der Waals surface area contributed by atoms with Crippen LogP contribution < -0.4 is 0 Å². The van der Waals surface area contributed by atoms with Gasteiger partial charge in [0.15, 0.2) is 0 Å². The molecule has 4 aliphatic rings. The van der Waals surface area contributed by atoms with E-state index in [1.54, 1.807) is 6.42 Å². The molecule has 4 aliphatic carbocycles. The van der Waals surface area contributed by atoms with Crippen molar-refractivity contribution in [2.24, 2.45) is 47.3 Å². The van der Waals surface area contributed by atoms with Gasteiger partial charge in [0.2, 0.25) is 0 Å². The van der Waals surface area contributed by atoms with Crippen molar-refractivity contribution < 1.29 is 0 Å². The molecule has 4 rings (SSSR count). The summed E-state index contributed by atoms with van der Waals surface area (Å²) >= 11 is 0. The topological polar surface area (TPSA) is 0 Å². The Morgan fingerprint density at radius 3 is 1.85 bits per heavy atom. The Kier molecular flexibility index (Phi) is 1.49. The van der Waals surface area contributed by atoms with Gasteiger partial charge in [0.1, 0.15) is 0 Å². The molecule has 0 heteroatoms. The normalized spacial score (nSPS) is 69.2. The molecule has 0 heterocycles. The van der Waals surface area contributed by atoms with E-state index in [0.29, 0.717) is 0 Å². The predicted octanol–water partition coefficient (Wildman–Crippen LogP) is 3.43. The lowest BCUT2D eigenvalue weighted by atomic mass is 9.36. The molecule has 4 fully saturated rings. The first-order valence-electron chi connectivity index (χ1n) is 6.13. The van der Waals surface area contributed by atoms with E-state index in [4.69, 9.17) is 0 Å². The van der Waals surface area contributed by atoms with Crippen LogP contribution in [-0.4, -0.2) is 0 Å². The highest BCUT2D eigenvalue weighted by atomic mass is 14.7. The number of rotatable bonds is 0. The lowest BCUT2D eigenvalue weighted by Gasteiger charge is -2.69. The first-order valence-corrected chi connectivity index (χ1v) is 6.13. The standard InChI is InChI=1S/C13H22/c1-6-7(2)13-11(6)5-10-8(3)12(13)9(10)4/h6-13H,5H2,1-4H3. The van der Waals surface area contributed by atoms with Crippen LogP contribution in [0.25, 0.3) is 0 Å². The minimum absolute atomic E-state index is 1.03. The van der Waals surface area contributed by atoms with Gasteiger partial charge >= 0.3 is 0 Å². The second kappa shape index (κ2) is 2.32. The van der Waals surface area contributed by atoms with E-state index in [9.17, 15) is 0 Å². The first kappa shape index (κ1) is 8.32. The molecule has 0 aromatic heterocycles. The second-order valence-corrected chi connectivity index (χ2v) is 6.15. The van der Waals surface area contributed by atoms with Crippen LogP contribution in [0, 0.1) is 47.3 Å². The molecule has 0 radical (unpaired) electrons. The van der Waals surface area contributed by atoms with E-state index in [1.807, 2.05) is 0 Å². The van der Waals surface area contributed by atoms with Crippen molar-refractivity contribution >= 4 is 0 Å². The van der Waals surface area contributed by atoms with Crippen LogP contribution in [0.2, 0.25) is 0 Å². The monoisotopic (exact) mass is 178 g/mol. The average molecular weight is 178 g/mol. The molecule has 6 atom stereocenters. The van der Waals surface area contributed by atoms with Gasteiger partial charge in [0.25, 0.3) is 0 Å². The summed E-state index contributed by atoms with van der Waals surface area (Å²) in [5.41, 5.74) is 0. The van der Waals surface area contributed by atoms with Gasteiger partial charge in [-0.15, -0.1) is 0 Å². The molecular formula is C13H22. The lowest BCUT2D eigenvalue weighted by molar-refractivity contribution is -0.211. The van der Waals surface area contributed by atoms with Gasteiger partial charge in [-0.2, -0.15) is 0 Å². The third kappa shape index (κ3) is 0.750. The zero-order valence-electron chi connectivity index (χ0n) is 9.33. The summed E-state index contributed by atoms with van der Waals surface area (Å²) in [4.78, 5) is 0. The summed E-state index contributed by atoms with van der Waals surface area (Å²) in [7, 11) is 0. The molecule has 13 heavy (non-hydrogen) atoms. The zero-order valence-corrected chi connectivity index (χ0v) is 9.33. The van der Waals surface area contributed by atoms with Crippen LogP contribution >= 0.6 is 0 Å². The van der Waals surface area contributed by atoms with Gasteiger partial charge in [-0.1, -0.05) is 27.7 Å². The summed E-state index contributed by atoms with van der Waals surface area (Å²) in [5.74, 6) is 8.63. The van der Waals surface area contributed by atoms with Gasteiger partial charge in [-0.25, -0.2) is 0 Å². The fraction of sp³-hybridized carbons (Fsp3) is 1.00. The van der Waals surface area contributed by atoms with Crippen molar-refractivity contribution in [3.8, 4) is 0 Å². The molecule has 0 aromatic rings. The quantitative estimate of drug-likeness (QED) is 0.533. The van der Waals surface area contributed by atoms with Crippen molar-refractivity contribution in [2.75, 3.05) is 0 Å². The Morgan fingerprint density at radius 2 is 1.23 bits per heavy atom. The molecule has 0 saturated heterocycles. The molecule has 0 amide bonds. The van der Waals surface area contributed by atoms with Gasteiger partial charge in [0, 0.05) is 0 Å². The highest BCUT2D eigenvalue weighted by Gasteiger charge is 2.62. The highest BCUT2D eigenvalue weighted by molar-refractivity contribution is 5.10. The molecular weight excluding hydrogens is 156 g/mol. The fourth-order valence-electron chi connectivity index (χ4n) is 5.17. The van der Waals surface area contributed by atoms with Crippen molar-refractivity contribution in [3.05, 3.63) is 0 Å². The van der Waals surface area contributed by atoms with E-state index < -0.39 is 0 Å². The maximum atomic E-state index is 2.50. The molecule has 0 nitrogen and oxygen atoms in total. The molecule has 4 saturated carbocycles. The smallest absolute Gasteiger partial charge is 0.0321 e. The Bertz CT molecular complexity index is 222. The van der Waals surface area contributed by atoms with Crippen LogP contribution in [0.3, 0.4) is 0 Å². The second-order valence-electron chi connectivity index (χ2n) is 6.15. The van der Waals surface area contributed by atoms with E-state index in [0.717, 1.165) is 47.3 Å². The van der Waals surface area contributed by atoms with Crippen LogP contribution in [0.4, 0.5) is 0 Å². The SMILES string of the molecule is CC1C(C)C2C1CC1C(C)C2C1C. The lowest BCUT2D eigenvalue weighted by Crippen LogP contribution is -2.64. The van der Waals surface area contributed by atoms with E-state index >= 15 is 0 Å². The van der Waals surface area contributed by atoms with E-state index in [2.05, 4.69) is 27.7 Å². The molecule has 6 unspecified atom stereocenters. The highest BCUT2D eigenvalue weighted by Crippen LogP contribution is 2.68. The van der Waals surface area contributed by atoms with Crippen molar-refractivity contribution in [1.29, 1.82) is 0 Å². The van der Waals surface area contributed by atoms with E-state index in [-0.39, 0.29) is 0 Å². The summed E-state index contributed by atoms with van der Waals surface area (Å²) in [6, 6.07) is 0. The third-order valence-electron chi connectivity index (χ3n) is 6.16. The maximum absolute atomic E-state index is 2.50. The Labute approximate surface area is 82.1 Å². The molecule has 2 bridgehead atoms. The molecule has 0 spiro atoms. The van der Waals surface area contributed by atoms with Gasteiger partial charge in [0.05, 0.1) is 0 Å². The summed E-state index contributed by atoms with van der Waals surface area (Å²) < 4.78 is 0. The van der Waals surface area contributed by atoms with Crippen LogP contribution in [0.1, 0.15) is 34.1 Å². The third-order valence-corrected chi connectivity index (χ3v) is 6.16. The Balaban J connectivity index is 1.85.